The van der Waals surface area contributed by atoms with E-state index in [4.69, 9.17) is 21.1 Å². The monoisotopic (exact) mass is 468 g/mol. The van der Waals surface area contributed by atoms with E-state index in [2.05, 4.69) is 5.32 Å². The molecule has 31 heavy (non-hydrogen) atoms. The van der Waals surface area contributed by atoms with Gasteiger partial charge < -0.3 is 14.8 Å². The number of amides is 1. The highest BCUT2D eigenvalue weighted by atomic mass is 35.5. The Kier molecular flexibility index (Phi) is 8.85. The first kappa shape index (κ1) is 24.6. The van der Waals surface area contributed by atoms with Crippen molar-refractivity contribution in [2.45, 2.75) is 24.7 Å². The molecule has 0 aliphatic heterocycles. The largest absolute Gasteiger partial charge is 0.482 e. The second kappa shape index (κ2) is 11.1. The molecule has 1 amide bonds. The number of esters is 1. The number of sulfonamides is 1. The smallest absolute Gasteiger partial charge is 0.338 e. The molecular weight excluding hydrogens is 444 g/mol. The van der Waals surface area contributed by atoms with Crippen LogP contribution in [0.2, 0.25) is 5.02 Å². The van der Waals surface area contributed by atoms with Crippen LogP contribution in [0.5, 0.6) is 5.75 Å². The standard InChI is InChI=1S/C21H25ClN2O6S/c1-4-5-12-29-21(26)15-6-8-16(9-7-15)23-20(25)14-30-19-11-10-17(13-18(19)22)31(27,28)24(2)3/h6-11,13H,4-5,12,14H2,1-3H3,(H,23,25). The van der Waals surface area contributed by atoms with Gasteiger partial charge in [0.05, 0.1) is 22.1 Å². The van der Waals surface area contributed by atoms with E-state index in [0.717, 1.165) is 17.1 Å². The van der Waals surface area contributed by atoms with Crippen molar-refractivity contribution in [2.75, 3.05) is 32.6 Å². The number of benzene rings is 2. The lowest BCUT2D eigenvalue weighted by atomic mass is 10.2. The van der Waals surface area contributed by atoms with Crippen LogP contribution in [0.1, 0.15) is 30.1 Å². The summed E-state index contributed by atoms with van der Waals surface area (Å²) in [6.45, 7) is 2.05. The Morgan fingerprint density at radius 2 is 1.77 bits per heavy atom. The minimum atomic E-state index is -3.62. The summed E-state index contributed by atoms with van der Waals surface area (Å²) >= 11 is 6.09. The number of nitrogens with zero attached hydrogens (tertiary/aromatic N) is 1. The molecule has 0 unspecified atom stereocenters. The lowest BCUT2D eigenvalue weighted by molar-refractivity contribution is -0.118. The van der Waals surface area contributed by atoms with Crippen LogP contribution in [0.25, 0.3) is 0 Å². The molecule has 0 aliphatic rings. The lowest BCUT2D eigenvalue weighted by Crippen LogP contribution is -2.22. The lowest BCUT2D eigenvalue weighted by Gasteiger charge is -2.13. The maximum absolute atomic E-state index is 12.1. The normalized spacial score (nSPS) is 11.3. The van der Waals surface area contributed by atoms with Gasteiger partial charge >= 0.3 is 5.97 Å². The quantitative estimate of drug-likeness (QED) is 0.422. The number of halogens is 1. The van der Waals surface area contributed by atoms with Crippen LogP contribution >= 0.6 is 11.6 Å². The van der Waals surface area contributed by atoms with Crippen molar-refractivity contribution < 1.29 is 27.5 Å². The van der Waals surface area contributed by atoms with Gasteiger partial charge in [-0.1, -0.05) is 24.9 Å². The average Bonchev–Trinajstić information content (AvgIpc) is 2.73. The SMILES string of the molecule is CCCCOC(=O)c1ccc(NC(=O)COc2ccc(S(=O)(=O)N(C)C)cc2Cl)cc1. The van der Waals surface area contributed by atoms with Crippen molar-refractivity contribution in [1.29, 1.82) is 0 Å². The summed E-state index contributed by atoms with van der Waals surface area (Å²) in [4.78, 5) is 24.0. The van der Waals surface area contributed by atoms with Gasteiger partial charge in [-0.25, -0.2) is 17.5 Å². The third-order valence-corrected chi connectivity index (χ3v) is 6.28. The van der Waals surface area contributed by atoms with Gasteiger partial charge in [0.1, 0.15) is 5.75 Å². The van der Waals surface area contributed by atoms with Crippen LogP contribution < -0.4 is 10.1 Å². The maximum atomic E-state index is 12.1. The number of ether oxygens (including phenoxy) is 2. The fourth-order valence-electron chi connectivity index (χ4n) is 2.39. The second-order valence-electron chi connectivity index (χ2n) is 6.78. The van der Waals surface area contributed by atoms with Crippen LogP contribution in [-0.2, 0) is 19.6 Å². The molecule has 2 aromatic carbocycles. The third-order valence-electron chi connectivity index (χ3n) is 4.18. The highest BCUT2D eigenvalue weighted by molar-refractivity contribution is 7.89. The molecule has 2 aromatic rings. The van der Waals surface area contributed by atoms with E-state index in [1.165, 1.54) is 32.3 Å². The van der Waals surface area contributed by atoms with Gasteiger partial charge in [0, 0.05) is 19.8 Å². The van der Waals surface area contributed by atoms with E-state index in [9.17, 15) is 18.0 Å². The summed E-state index contributed by atoms with van der Waals surface area (Å²) < 4.78 is 35.9. The Hall–Kier alpha value is -2.62. The van der Waals surface area contributed by atoms with Gasteiger partial charge in [0.2, 0.25) is 10.0 Å². The van der Waals surface area contributed by atoms with E-state index < -0.39 is 21.9 Å². The first-order valence-electron chi connectivity index (χ1n) is 9.57. The van der Waals surface area contributed by atoms with Crippen molar-refractivity contribution in [2.24, 2.45) is 0 Å². The van der Waals surface area contributed by atoms with E-state index in [-0.39, 0.29) is 22.3 Å². The Morgan fingerprint density at radius 3 is 2.35 bits per heavy atom. The van der Waals surface area contributed by atoms with Crippen LogP contribution in [0.15, 0.2) is 47.4 Å². The number of hydrogen-bond acceptors (Lipinski definition) is 6. The van der Waals surface area contributed by atoms with E-state index in [1.807, 2.05) is 6.92 Å². The molecule has 168 valence electrons. The van der Waals surface area contributed by atoms with Crippen LogP contribution in [0.4, 0.5) is 5.69 Å². The Balaban J connectivity index is 1.91. The Morgan fingerprint density at radius 1 is 1.10 bits per heavy atom. The number of hydrogen-bond donors (Lipinski definition) is 1. The Labute approximate surface area is 187 Å². The summed E-state index contributed by atoms with van der Waals surface area (Å²) in [5, 5.41) is 2.71. The minimum Gasteiger partial charge on any atom is -0.482 e. The highest BCUT2D eigenvalue weighted by Gasteiger charge is 2.19. The first-order valence-corrected chi connectivity index (χ1v) is 11.4. The fraction of sp³-hybridized carbons (Fsp3) is 0.333. The predicted octanol–water partition coefficient (Wildman–Crippen LogP) is 3.56. The van der Waals surface area contributed by atoms with Gasteiger partial charge in [0.25, 0.3) is 5.91 Å². The number of unbranched alkanes of at least 4 members (excludes halogenated alkanes) is 1. The topological polar surface area (TPSA) is 102 Å². The van der Waals surface area contributed by atoms with Crippen molar-refractivity contribution in [3.8, 4) is 5.75 Å². The molecule has 0 atom stereocenters. The van der Waals surface area contributed by atoms with Crippen molar-refractivity contribution >= 4 is 39.2 Å². The van der Waals surface area contributed by atoms with Gasteiger partial charge in [-0.3, -0.25) is 4.79 Å². The van der Waals surface area contributed by atoms with Gasteiger partial charge in [-0.2, -0.15) is 0 Å². The summed E-state index contributed by atoms with van der Waals surface area (Å²) in [6, 6.07) is 10.3. The summed E-state index contributed by atoms with van der Waals surface area (Å²) in [5.41, 5.74) is 0.877. The number of rotatable bonds is 10. The van der Waals surface area contributed by atoms with Crippen molar-refractivity contribution in [3.05, 3.63) is 53.1 Å². The van der Waals surface area contributed by atoms with Gasteiger partial charge in [-0.05, 0) is 48.9 Å². The van der Waals surface area contributed by atoms with E-state index in [0.29, 0.717) is 17.9 Å². The maximum Gasteiger partial charge on any atom is 0.338 e. The molecule has 2 rings (SSSR count). The number of carbonyl (C=O) groups is 2. The highest BCUT2D eigenvalue weighted by Crippen LogP contribution is 2.28. The summed E-state index contributed by atoms with van der Waals surface area (Å²) in [5.74, 6) is -0.678. The number of nitrogens with one attached hydrogen (secondary N) is 1. The van der Waals surface area contributed by atoms with Gasteiger partial charge in [-0.15, -0.1) is 0 Å². The van der Waals surface area contributed by atoms with Crippen LogP contribution in [-0.4, -0.2) is 51.9 Å². The molecule has 0 aromatic heterocycles. The van der Waals surface area contributed by atoms with E-state index in [1.54, 1.807) is 24.3 Å². The van der Waals surface area contributed by atoms with Crippen LogP contribution in [0.3, 0.4) is 0 Å². The molecule has 8 nitrogen and oxygen atoms in total. The fourth-order valence-corrected chi connectivity index (χ4v) is 3.62. The second-order valence-corrected chi connectivity index (χ2v) is 9.34. The molecule has 0 bridgehead atoms. The molecular formula is C21H25ClN2O6S. The average molecular weight is 469 g/mol. The molecule has 0 fully saturated rings. The number of anilines is 1. The zero-order valence-corrected chi connectivity index (χ0v) is 19.1. The molecule has 0 radical (unpaired) electrons. The minimum absolute atomic E-state index is 0.0209. The summed E-state index contributed by atoms with van der Waals surface area (Å²) in [7, 11) is -0.790. The molecule has 0 saturated heterocycles. The zero-order chi connectivity index (χ0) is 23.0. The summed E-state index contributed by atoms with van der Waals surface area (Å²) in [6.07, 6.45) is 1.74. The van der Waals surface area contributed by atoms with Crippen LogP contribution in [0, 0.1) is 0 Å². The first-order chi connectivity index (χ1) is 14.6. The predicted molar refractivity (Wildman–Crippen MR) is 118 cm³/mol. The number of carbonyl (C=O) groups excluding carboxylic acids is 2. The molecule has 0 saturated carbocycles. The molecule has 10 heteroatoms. The zero-order valence-electron chi connectivity index (χ0n) is 17.6. The molecule has 0 aliphatic carbocycles. The Bertz CT molecular complexity index is 1020. The molecule has 0 heterocycles. The van der Waals surface area contributed by atoms with Crippen molar-refractivity contribution in [3.63, 3.8) is 0 Å². The molecule has 1 N–H and O–H groups in total. The van der Waals surface area contributed by atoms with Crippen molar-refractivity contribution in [1.82, 2.24) is 4.31 Å². The molecule has 0 spiro atoms. The third kappa shape index (κ3) is 6.95. The van der Waals surface area contributed by atoms with E-state index >= 15 is 0 Å². The van der Waals surface area contributed by atoms with Gasteiger partial charge in [0.15, 0.2) is 6.61 Å².